The largest absolute Gasteiger partial charge is 0.416 e. The van der Waals surface area contributed by atoms with Gasteiger partial charge in [-0.1, -0.05) is 60.7 Å². The van der Waals surface area contributed by atoms with E-state index >= 15 is 0 Å². The van der Waals surface area contributed by atoms with Crippen LogP contribution in [0.3, 0.4) is 0 Å². The summed E-state index contributed by atoms with van der Waals surface area (Å²) in [6.45, 7) is 5.54. The second-order valence-electron chi connectivity index (χ2n) is 13.2. The summed E-state index contributed by atoms with van der Waals surface area (Å²) in [7, 11) is 0. The number of fused-ring (bicyclic) bond motifs is 1. The Hall–Kier alpha value is -5.04. The Morgan fingerprint density at radius 1 is 0.827 bits per heavy atom. The smallest absolute Gasteiger partial charge is 0.384 e. The van der Waals surface area contributed by atoms with Gasteiger partial charge in [0.15, 0.2) is 0 Å². The number of nitrogens with two attached hydrogens (primary N) is 2. The summed E-state index contributed by atoms with van der Waals surface area (Å²) in [6, 6.07) is 25.8. The molecule has 5 N–H and O–H groups in total. The van der Waals surface area contributed by atoms with E-state index in [0.717, 1.165) is 92.4 Å². The standard InChI is InChI=1S/C40H44F3N7O2/c41-40(42,43)34-4-1-3-31(23-34)27-49(26-30-7-5-29(25-44)6-8-30)39(51)33-14-15-36-35(24-33)47-37(16-11-28-9-12-32(13-10-28)38(45)46)50(36)18-2-17-48-19-21-52-22-20-48/h1,3-10,12-15,23-24H,2,11,16-22,25-27,44H2,(H3,45,46). The first kappa shape index (κ1) is 36.7. The molecule has 1 saturated heterocycles. The van der Waals surface area contributed by atoms with E-state index in [4.69, 9.17) is 26.6 Å². The van der Waals surface area contributed by atoms with Crippen LogP contribution < -0.4 is 11.5 Å². The van der Waals surface area contributed by atoms with Crippen molar-refractivity contribution in [3.05, 3.63) is 136 Å². The van der Waals surface area contributed by atoms with Crippen LogP contribution in [-0.4, -0.2) is 63.9 Å². The van der Waals surface area contributed by atoms with Crippen molar-refractivity contribution in [2.24, 2.45) is 11.5 Å². The molecule has 0 unspecified atom stereocenters. The van der Waals surface area contributed by atoms with Crippen LogP contribution in [0, 0.1) is 5.41 Å². The molecule has 0 bridgehead atoms. The Kier molecular flexibility index (Phi) is 11.7. The van der Waals surface area contributed by atoms with Crippen LogP contribution in [0.15, 0.2) is 91.0 Å². The van der Waals surface area contributed by atoms with Gasteiger partial charge in [0.2, 0.25) is 0 Å². The van der Waals surface area contributed by atoms with E-state index in [1.54, 1.807) is 23.1 Å². The maximum atomic E-state index is 14.2. The minimum absolute atomic E-state index is 0.0108. The Morgan fingerprint density at radius 3 is 2.19 bits per heavy atom. The van der Waals surface area contributed by atoms with Gasteiger partial charge in [0.25, 0.3) is 5.91 Å². The number of ether oxygens (including phenoxy) is 1. The Labute approximate surface area is 301 Å². The minimum Gasteiger partial charge on any atom is -0.384 e. The molecule has 0 radical (unpaired) electrons. The van der Waals surface area contributed by atoms with Crippen molar-refractivity contribution in [2.75, 3.05) is 32.8 Å². The van der Waals surface area contributed by atoms with E-state index in [1.165, 1.54) is 6.07 Å². The molecular formula is C40H44F3N7O2. The number of nitrogen functional groups attached to an aromatic ring is 1. The van der Waals surface area contributed by atoms with Gasteiger partial charge in [0.1, 0.15) is 11.7 Å². The highest BCUT2D eigenvalue weighted by molar-refractivity contribution is 5.97. The number of carbonyl (C=O) groups excluding carboxylic acids is 1. The van der Waals surface area contributed by atoms with Crippen molar-refractivity contribution in [1.29, 1.82) is 5.41 Å². The topological polar surface area (TPSA) is 126 Å². The molecule has 0 aliphatic carbocycles. The van der Waals surface area contributed by atoms with Gasteiger partial charge in [-0.25, -0.2) is 4.98 Å². The van der Waals surface area contributed by atoms with Gasteiger partial charge in [-0.05, 0) is 65.4 Å². The maximum Gasteiger partial charge on any atom is 0.416 e. The third-order valence-corrected chi connectivity index (χ3v) is 9.48. The number of carbonyl (C=O) groups is 1. The molecule has 1 amide bonds. The van der Waals surface area contributed by atoms with Gasteiger partial charge in [0.05, 0.1) is 29.8 Å². The minimum atomic E-state index is -4.50. The molecule has 0 spiro atoms. The van der Waals surface area contributed by atoms with Crippen LogP contribution in [0.4, 0.5) is 13.2 Å². The SMILES string of the molecule is N=C(N)c1ccc(CCc2nc3cc(C(=O)N(Cc4ccc(CN)cc4)Cc4cccc(C(F)(F)F)c4)ccc3n2CCCN2CCOCC2)cc1. The monoisotopic (exact) mass is 711 g/mol. The first-order valence-electron chi connectivity index (χ1n) is 17.5. The van der Waals surface area contributed by atoms with Crippen molar-refractivity contribution in [3.63, 3.8) is 0 Å². The lowest BCUT2D eigenvalue weighted by Gasteiger charge is -2.26. The highest BCUT2D eigenvalue weighted by Crippen LogP contribution is 2.30. The lowest BCUT2D eigenvalue weighted by atomic mass is 10.1. The molecule has 6 rings (SSSR count). The molecular weight excluding hydrogens is 667 g/mol. The number of halogens is 3. The van der Waals surface area contributed by atoms with Crippen LogP contribution in [-0.2, 0) is 49.9 Å². The first-order valence-corrected chi connectivity index (χ1v) is 17.5. The molecule has 4 aromatic carbocycles. The van der Waals surface area contributed by atoms with Crippen LogP contribution in [0.2, 0.25) is 0 Å². The first-order chi connectivity index (χ1) is 25.1. The quantitative estimate of drug-likeness (QED) is 0.0938. The Balaban J connectivity index is 1.28. The number of nitrogens with one attached hydrogen (secondary N) is 1. The normalized spacial score (nSPS) is 13.8. The molecule has 5 aromatic rings. The van der Waals surface area contributed by atoms with Crippen LogP contribution in [0.25, 0.3) is 11.0 Å². The van der Waals surface area contributed by atoms with E-state index in [2.05, 4.69) is 9.47 Å². The Morgan fingerprint density at radius 2 is 1.50 bits per heavy atom. The van der Waals surface area contributed by atoms with Crippen molar-refractivity contribution in [1.82, 2.24) is 19.4 Å². The number of benzene rings is 4. The molecule has 2 heterocycles. The molecule has 0 saturated carbocycles. The molecule has 12 heteroatoms. The molecule has 1 aliphatic heterocycles. The fourth-order valence-corrected chi connectivity index (χ4v) is 6.59. The predicted octanol–water partition coefficient (Wildman–Crippen LogP) is 6.15. The number of rotatable bonds is 14. The summed E-state index contributed by atoms with van der Waals surface area (Å²) in [5.74, 6) is 0.617. The number of hydrogen-bond donors (Lipinski definition) is 3. The summed E-state index contributed by atoms with van der Waals surface area (Å²) in [4.78, 5) is 23.2. The van der Waals surface area contributed by atoms with Crippen LogP contribution in [0.5, 0.6) is 0 Å². The summed E-state index contributed by atoms with van der Waals surface area (Å²) in [5.41, 5.74) is 16.6. The average Bonchev–Trinajstić information content (AvgIpc) is 3.50. The molecule has 1 aromatic heterocycles. The fourth-order valence-electron chi connectivity index (χ4n) is 6.59. The number of alkyl halides is 3. The lowest BCUT2D eigenvalue weighted by molar-refractivity contribution is -0.137. The molecule has 272 valence electrons. The fraction of sp³-hybridized carbons (Fsp3) is 0.325. The molecule has 1 aliphatic rings. The Bertz CT molecular complexity index is 1990. The van der Waals surface area contributed by atoms with E-state index in [9.17, 15) is 18.0 Å². The molecule has 1 fully saturated rings. The number of nitrogens with zero attached hydrogens (tertiary/aromatic N) is 4. The van der Waals surface area contributed by atoms with E-state index < -0.39 is 11.7 Å². The van der Waals surface area contributed by atoms with Crippen LogP contribution >= 0.6 is 0 Å². The highest BCUT2D eigenvalue weighted by atomic mass is 19.4. The van der Waals surface area contributed by atoms with E-state index in [0.29, 0.717) is 35.2 Å². The van der Waals surface area contributed by atoms with Crippen LogP contribution in [0.1, 0.15) is 56.0 Å². The van der Waals surface area contributed by atoms with Gasteiger partial charge < -0.3 is 25.7 Å². The molecule has 0 atom stereocenters. The van der Waals surface area contributed by atoms with Gasteiger partial charge in [-0.3, -0.25) is 15.1 Å². The average molecular weight is 712 g/mol. The predicted molar refractivity (Wildman–Crippen MR) is 196 cm³/mol. The number of amidine groups is 1. The third-order valence-electron chi connectivity index (χ3n) is 9.48. The number of morpholine rings is 1. The number of aromatic nitrogens is 2. The zero-order chi connectivity index (χ0) is 36.7. The van der Waals surface area contributed by atoms with Crippen molar-refractivity contribution < 1.29 is 22.7 Å². The third kappa shape index (κ3) is 9.24. The van der Waals surface area contributed by atoms with Gasteiger partial charge >= 0.3 is 6.18 Å². The zero-order valence-corrected chi connectivity index (χ0v) is 29.0. The number of imidazole rings is 1. The number of aryl methyl sites for hydroxylation is 3. The van der Waals surface area contributed by atoms with Crippen molar-refractivity contribution in [3.8, 4) is 0 Å². The van der Waals surface area contributed by atoms with Crippen molar-refractivity contribution >= 4 is 22.8 Å². The lowest BCUT2D eigenvalue weighted by Crippen LogP contribution is -2.37. The molecule has 52 heavy (non-hydrogen) atoms. The highest BCUT2D eigenvalue weighted by Gasteiger charge is 2.30. The second kappa shape index (κ2) is 16.5. The van der Waals surface area contributed by atoms with Gasteiger partial charge in [-0.15, -0.1) is 0 Å². The van der Waals surface area contributed by atoms with Crippen molar-refractivity contribution in [2.45, 2.75) is 51.6 Å². The second-order valence-corrected chi connectivity index (χ2v) is 13.2. The van der Waals surface area contributed by atoms with E-state index in [1.807, 2.05) is 54.6 Å². The van der Waals surface area contributed by atoms with E-state index in [-0.39, 0.29) is 24.8 Å². The molecule has 9 nitrogen and oxygen atoms in total. The summed E-state index contributed by atoms with van der Waals surface area (Å²) in [6.07, 6.45) is -2.19. The van der Waals surface area contributed by atoms with Gasteiger partial charge in [-0.2, -0.15) is 13.2 Å². The number of amides is 1. The van der Waals surface area contributed by atoms with Gasteiger partial charge in [0, 0.05) is 63.4 Å². The summed E-state index contributed by atoms with van der Waals surface area (Å²) in [5, 5.41) is 7.68. The summed E-state index contributed by atoms with van der Waals surface area (Å²) >= 11 is 0. The maximum absolute atomic E-state index is 14.2. The number of hydrogen-bond acceptors (Lipinski definition) is 6. The summed E-state index contributed by atoms with van der Waals surface area (Å²) < 4.78 is 48.5. The zero-order valence-electron chi connectivity index (χ0n) is 29.0.